The Morgan fingerprint density at radius 3 is 2.47 bits per heavy atom. The molecule has 1 saturated heterocycles. The van der Waals surface area contributed by atoms with E-state index in [1.807, 2.05) is 0 Å². The average Bonchev–Trinajstić information content (AvgIpc) is 2.43. The van der Waals surface area contributed by atoms with Crippen molar-refractivity contribution in [2.24, 2.45) is 5.73 Å². The molecule has 0 atom stereocenters. The highest BCUT2D eigenvalue weighted by Crippen LogP contribution is 2.22. The Bertz CT molecular complexity index is 439. The Hall–Kier alpha value is -1.46. The van der Waals surface area contributed by atoms with Gasteiger partial charge in [-0.25, -0.2) is 4.39 Å². The highest BCUT2D eigenvalue weighted by molar-refractivity contribution is 5.80. The zero-order chi connectivity index (χ0) is 13.9. The molecule has 19 heavy (non-hydrogen) atoms. The highest BCUT2D eigenvalue weighted by atomic mass is 19.1. The van der Waals surface area contributed by atoms with Crippen LogP contribution in [0.3, 0.4) is 0 Å². The molecule has 0 saturated carbocycles. The van der Waals surface area contributed by atoms with Gasteiger partial charge in [-0.3, -0.25) is 9.69 Å². The Morgan fingerprint density at radius 1 is 1.37 bits per heavy atom. The Balaban J connectivity index is 1.90. The van der Waals surface area contributed by atoms with Crippen LogP contribution >= 0.6 is 0 Å². The van der Waals surface area contributed by atoms with Gasteiger partial charge in [0.1, 0.15) is 11.4 Å². The molecule has 4 nitrogen and oxygen atoms in total. The molecule has 1 aromatic carbocycles. The van der Waals surface area contributed by atoms with Crippen molar-refractivity contribution in [2.45, 2.75) is 24.9 Å². The molecule has 1 fully saturated rings. The van der Waals surface area contributed by atoms with Crippen molar-refractivity contribution in [3.8, 4) is 0 Å². The first-order valence-electron chi connectivity index (χ1n) is 6.37. The van der Waals surface area contributed by atoms with E-state index in [2.05, 4.69) is 4.90 Å². The van der Waals surface area contributed by atoms with Crippen LogP contribution in [-0.4, -0.2) is 36.6 Å². The molecule has 1 aliphatic heterocycles. The smallest absolute Gasteiger partial charge is 0.325 e. The second-order valence-corrected chi connectivity index (χ2v) is 5.05. The summed E-state index contributed by atoms with van der Waals surface area (Å²) in [4.78, 5) is 13.8. The van der Waals surface area contributed by atoms with Crippen LogP contribution in [0, 0.1) is 5.82 Å². The minimum absolute atomic E-state index is 0.228. The Labute approximate surface area is 112 Å². The molecule has 0 aliphatic carbocycles. The van der Waals surface area contributed by atoms with Gasteiger partial charge < -0.3 is 10.5 Å². The zero-order valence-electron chi connectivity index (χ0n) is 11.1. The van der Waals surface area contributed by atoms with E-state index in [4.69, 9.17) is 10.5 Å². The summed E-state index contributed by atoms with van der Waals surface area (Å²) in [5.74, 6) is -0.567. The maximum absolute atomic E-state index is 12.8. The molecule has 0 spiro atoms. The van der Waals surface area contributed by atoms with Crippen LogP contribution in [0.5, 0.6) is 0 Å². The van der Waals surface area contributed by atoms with Crippen LogP contribution in [0.15, 0.2) is 24.3 Å². The summed E-state index contributed by atoms with van der Waals surface area (Å²) in [6.07, 6.45) is 1.17. The number of likely N-dealkylation sites (tertiary alicyclic amines) is 1. The number of halogens is 1. The molecule has 1 aliphatic rings. The molecule has 1 aromatic rings. The van der Waals surface area contributed by atoms with E-state index in [0.29, 0.717) is 12.8 Å². The molecular weight excluding hydrogens is 247 g/mol. The normalized spacial score (nSPS) is 19.1. The minimum Gasteiger partial charge on any atom is -0.468 e. The first-order chi connectivity index (χ1) is 9.03. The van der Waals surface area contributed by atoms with E-state index in [1.165, 1.54) is 19.2 Å². The van der Waals surface area contributed by atoms with Crippen LogP contribution in [0.1, 0.15) is 18.4 Å². The van der Waals surface area contributed by atoms with E-state index in [1.54, 1.807) is 12.1 Å². The van der Waals surface area contributed by atoms with Crippen molar-refractivity contribution in [2.75, 3.05) is 20.2 Å². The summed E-state index contributed by atoms with van der Waals surface area (Å²) in [5, 5.41) is 0. The maximum Gasteiger partial charge on any atom is 0.325 e. The topological polar surface area (TPSA) is 55.6 Å². The molecule has 0 aromatic heterocycles. The van der Waals surface area contributed by atoms with Crippen LogP contribution in [0.25, 0.3) is 0 Å². The summed E-state index contributed by atoms with van der Waals surface area (Å²) in [5.41, 5.74) is 6.24. The lowest BCUT2D eigenvalue weighted by Crippen LogP contribution is -2.55. The van der Waals surface area contributed by atoms with Crippen molar-refractivity contribution in [1.82, 2.24) is 4.90 Å². The first-order valence-corrected chi connectivity index (χ1v) is 6.37. The van der Waals surface area contributed by atoms with Gasteiger partial charge in [0.15, 0.2) is 0 Å². The minimum atomic E-state index is -0.853. The predicted octanol–water partition coefficient (Wildman–Crippen LogP) is 1.29. The largest absolute Gasteiger partial charge is 0.468 e. The number of hydrogen-bond acceptors (Lipinski definition) is 4. The molecule has 0 amide bonds. The molecule has 5 heteroatoms. The fourth-order valence-electron chi connectivity index (χ4n) is 2.37. The fourth-order valence-corrected chi connectivity index (χ4v) is 2.37. The first kappa shape index (κ1) is 14.0. The van der Waals surface area contributed by atoms with Gasteiger partial charge >= 0.3 is 5.97 Å². The molecule has 104 valence electrons. The zero-order valence-corrected chi connectivity index (χ0v) is 11.1. The van der Waals surface area contributed by atoms with Crippen molar-refractivity contribution >= 4 is 5.97 Å². The third kappa shape index (κ3) is 3.30. The molecule has 0 bridgehead atoms. The maximum atomic E-state index is 12.8. The third-order valence-corrected chi connectivity index (χ3v) is 3.66. The number of piperidine rings is 1. The number of benzene rings is 1. The lowest BCUT2D eigenvalue weighted by atomic mass is 9.88. The van der Waals surface area contributed by atoms with Crippen LogP contribution in [-0.2, 0) is 16.1 Å². The van der Waals surface area contributed by atoms with E-state index in [-0.39, 0.29) is 11.8 Å². The van der Waals surface area contributed by atoms with Gasteiger partial charge in [0.05, 0.1) is 7.11 Å². The van der Waals surface area contributed by atoms with Gasteiger partial charge in [0.2, 0.25) is 0 Å². The van der Waals surface area contributed by atoms with E-state index in [0.717, 1.165) is 25.2 Å². The predicted molar refractivity (Wildman–Crippen MR) is 69.8 cm³/mol. The van der Waals surface area contributed by atoms with Crippen LogP contribution in [0.2, 0.25) is 0 Å². The molecule has 0 unspecified atom stereocenters. The summed E-state index contributed by atoms with van der Waals surface area (Å²) in [6, 6.07) is 6.47. The summed E-state index contributed by atoms with van der Waals surface area (Å²) in [7, 11) is 1.36. The number of nitrogens with two attached hydrogens (primary N) is 1. The number of methoxy groups -OCH3 is 1. The van der Waals surface area contributed by atoms with Crippen LogP contribution in [0.4, 0.5) is 4.39 Å². The Kier molecular flexibility index (Phi) is 4.17. The van der Waals surface area contributed by atoms with Gasteiger partial charge in [-0.1, -0.05) is 12.1 Å². The van der Waals surface area contributed by atoms with E-state index in [9.17, 15) is 9.18 Å². The summed E-state index contributed by atoms with van der Waals surface area (Å²) >= 11 is 0. The van der Waals surface area contributed by atoms with Gasteiger partial charge in [-0.15, -0.1) is 0 Å². The number of nitrogens with zero attached hydrogens (tertiary/aromatic N) is 1. The summed E-state index contributed by atoms with van der Waals surface area (Å²) in [6.45, 7) is 2.23. The third-order valence-electron chi connectivity index (χ3n) is 3.66. The molecular formula is C14H19FN2O2. The average molecular weight is 266 g/mol. The van der Waals surface area contributed by atoms with E-state index < -0.39 is 5.54 Å². The molecule has 0 radical (unpaired) electrons. The van der Waals surface area contributed by atoms with Crippen molar-refractivity contribution in [1.29, 1.82) is 0 Å². The molecule has 2 rings (SSSR count). The number of rotatable bonds is 3. The van der Waals surface area contributed by atoms with Gasteiger partial charge in [0.25, 0.3) is 0 Å². The van der Waals surface area contributed by atoms with Crippen molar-refractivity contribution < 1.29 is 13.9 Å². The lowest BCUT2D eigenvalue weighted by molar-refractivity contribution is -0.149. The summed E-state index contributed by atoms with van der Waals surface area (Å²) < 4.78 is 17.5. The number of carbonyl (C=O) groups is 1. The molecule has 2 N–H and O–H groups in total. The van der Waals surface area contributed by atoms with Gasteiger partial charge in [-0.2, -0.15) is 0 Å². The lowest BCUT2D eigenvalue weighted by Gasteiger charge is -2.37. The van der Waals surface area contributed by atoms with Crippen molar-refractivity contribution in [3.63, 3.8) is 0 Å². The van der Waals surface area contributed by atoms with Gasteiger partial charge in [-0.05, 0) is 30.5 Å². The van der Waals surface area contributed by atoms with Crippen molar-refractivity contribution in [3.05, 3.63) is 35.6 Å². The number of ether oxygens (including phenoxy) is 1. The second-order valence-electron chi connectivity index (χ2n) is 5.05. The van der Waals surface area contributed by atoms with Crippen LogP contribution < -0.4 is 5.73 Å². The Morgan fingerprint density at radius 2 is 1.95 bits per heavy atom. The van der Waals surface area contributed by atoms with Gasteiger partial charge in [0, 0.05) is 19.6 Å². The molecule has 1 heterocycles. The second kappa shape index (κ2) is 5.67. The SMILES string of the molecule is COC(=O)C1(N)CCN(Cc2ccc(F)cc2)CC1. The van der Waals surface area contributed by atoms with E-state index >= 15 is 0 Å². The highest BCUT2D eigenvalue weighted by Gasteiger charge is 2.38. The number of hydrogen-bond donors (Lipinski definition) is 1. The number of carbonyl (C=O) groups excluding carboxylic acids is 1. The number of esters is 1. The quantitative estimate of drug-likeness (QED) is 0.838. The monoisotopic (exact) mass is 266 g/mol. The fraction of sp³-hybridized carbons (Fsp3) is 0.500. The standard InChI is InChI=1S/C14H19FN2O2/c1-19-13(18)14(16)6-8-17(9-7-14)10-11-2-4-12(15)5-3-11/h2-5H,6-10,16H2,1H3.